The quantitative estimate of drug-likeness (QED) is 0.759. The van der Waals surface area contributed by atoms with Gasteiger partial charge in [0.05, 0.1) is 35.4 Å². The maximum Gasteiger partial charge on any atom is 0.142 e. The third kappa shape index (κ3) is 2.60. The summed E-state index contributed by atoms with van der Waals surface area (Å²) in [5.74, 6) is 0.806. The van der Waals surface area contributed by atoms with E-state index in [0.717, 1.165) is 28.0 Å². The average molecular weight is 279 g/mol. The normalized spacial score (nSPS) is 10.5. The number of nitrogens with two attached hydrogens (primary N) is 1. The Balaban J connectivity index is 2.08. The number of hydrogen-bond acceptors (Lipinski definition) is 4. The number of fused-ring (bicyclic) bond motifs is 1. The summed E-state index contributed by atoms with van der Waals surface area (Å²) >= 11 is 0. The third-order valence-electron chi connectivity index (χ3n) is 3.25. The molecule has 1 aromatic heterocycles. The van der Waals surface area contributed by atoms with Crippen LogP contribution in [0.3, 0.4) is 0 Å². The summed E-state index contributed by atoms with van der Waals surface area (Å²) in [5, 5.41) is 4.37. The van der Waals surface area contributed by atoms with Gasteiger partial charge < -0.3 is 15.8 Å². The minimum absolute atomic E-state index is 0.611. The molecule has 2 aromatic carbocycles. The first-order valence-electron chi connectivity index (χ1n) is 6.91. The van der Waals surface area contributed by atoms with Crippen LogP contribution in [0.25, 0.3) is 10.9 Å². The Labute approximate surface area is 123 Å². The topological polar surface area (TPSA) is 60.2 Å². The Morgan fingerprint density at radius 1 is 1.10 bits per heavy atom. The molecule has 0 aliphatic heterocycles. The molecule has 21 heavy (non-hydrogen) atoms. The summed E-state index contributed by atoms with van der Waals surface area (Å²) in [4.78, 5) is 4.35. The summed E-state index contributed by atoms with van der Waals surface area (Å²) in [5.41, 5.74) is 9.35. The van der Waals surface area contributed by atoms with Gasteiger partial charge in [0.25, 0.3) is 0 Å². The highest BCUT2D eigenvalue weighted by molar-refractivity contribution is 5.99. The van der Waals surface area contributed by atoms with Crippen LogP contribution in [-0.2, 0) is 0 Å². The monoisotopic (exact) mass is 279 g/mol. The van der Waals surface area contributed by atoms with Gasteiger partial charge in [-0.15, -0.1) is 0 Å². The molecule has 0 aliphatic rings. The number of anilines is 3. The Bertz CT molecular complexity index is 771. The van der Waals surface area contributed by atoms with Crippen LogP contribution in [0.2, 0.25) is 0 Å². The van der Waals surface area contributed by atoms with E-state index in [9.17, 15) is 0 Å². The molecule has 0 spiro atoms. The van der Waals surface area contributed by atoms with E-state index in [-0.39, 0.29) is 0 Å². The fourth-order valence-corrected chi connectivity index (χ4v) is 2.28. The summed E-state index contributed by atoms with van der Waals surface area (Å²) < 4.78 is 5.64. The van der Waals surface area contributed by atoms with E-state index in [0.29, 0.717) is 12.3 Å². The molecule has 4 nitrogen and oxygen atoms in total. The summed E-state index contributed by atoms with van der Waals surface area (Å²) in [6.07, 6.45) is 1.67. The SMILES string of the molecule is CCOc1ccccc1Nc1c(N)cnc2ccccc12. The molecule has 1 heterocycles. The lowest BCUT2D eigenvalue weighted by molar-refractivity contribution is 0.342. The first kappa shape index (κ1) is 13.2. The number of nitrogens with one attached hydrogen (secondary N) is 1. The van der Waals surface area contributed by atoms with Gasteiger partial charge in [-0.25, -0.2) is 0 Å². The van der Waals surface area contributed by atoms with Gasteiger partial charge in [0.15, 0.2) is 0 Å². The van der Waals surface area contributed by atoms with Gasteiger partial charge in [0, 0.05) is 5.39 Å². The van der Waals surface area contributed by atoms with Crippen molar-refractivity contribution in [3.05, 3.63) is 54.7 Å². The zero-order valence-electron chi connectivity index (χ0n) is 11.8. The minimum Gasteiger partial charge on any atom is -0.492 e. The second kappa shape index (κ2) is 5.71. The first-order chi connectivity index (χ1) is 10.3. The van der Waals surface area contributed by atoms with Gasteiger partial charge in [0.1, 0.15) is 5.75 Å². The van der Waals surface area contributed by atoms with E-state index in [1.165, 1.54) is 0 Å². The van der Waals surface area contributed by atoms with Crippen LogP contribution >= 0.6 is 0 Å². The lowest BCUT2D eigenvalue weighted by Crippen LogP contribution is -2.01. The van der Waals surface area contributed by atoms with Crippen molar-refractivity contribution in [3.63, 3.8) is 0 Å². The Morgan fingerprint density at radius 2 is 1.86 bits per heavy atom. The molecule has 3 rings (SSSR count). The van der Waals surface area contributed by atoms with E-state index in [4.69, 9.17) is 10.5 Å². The lowest BCUT2D eigenvalue weighted by atomic mass is 10.1. The zero-order chi connectivity index (χ0) is 14.7. The van der Waals surface area contributed by atoms with E-state index < -0.39 is 0 Å². The van der Waals surface area contributed by atoms with Gasteiger partial charge in [-0.3, -0.25) is 4.98 Å². The highest BCUT2D eigenvalue weighted by Gasteiger charge is 2.09. The number of pyridine rings is 1. The number of nitrogens with zero attached hydrogens (tertiary/aromatic N) is 1. The molecule has 3 N–H and O–H groups in total. The molecule has 4 heteroatoms. The van der Waals surface area contributed by atoms with Crippen LogP contribution < -0.4 is 15.8 Å². The number of para-hydroxylation sites is 3. The van der Waals surface area contributed by atoms with Crippen molar-refractivity contribution in [2.24, 2.45) is 0 Å². The Kier molecular flexibility index (Phi) is 3.60. The fraction of sp³-hybridized carbons (Fsp3) is 0.118. The van der Waals surface area contributed by atoms with Crippen LogP contribution in [0.4, 0.5) is 17.1 Å². The molecule has 0 fully saturated rings. The van der Waals surface area contributed by atoms with Crippen molar-refractivity contribution in [2.75, 3.05) is 17.7 Å². The van der Waals surface area contributed by atoms with E-state index >= 15 is 0 Å². The maximum absolute atomic E-state index is 6.09. The van der Waals surface area contributed by atoms with Gasteiger partial charge in [0.2, 0.25) is 0 Å². The lowest BCUT2D eigenvalue weighted by Gasteiger charge is -2.15. The number of nitrogen functional groups attached to an aromatic ring is 1. The largest absolute Gasteiger partial charge is 0.492 e. The van der Waals surface area contributed by atoms with Gasteiger partial charge in [-0.1, -0.05) is 30.3 Å². The predicted octanol–water partition coefficient (Wildman–Crippen LogP) is 3.96. The Hall–Kier alpha value is -2.75. The van der Waals surface area contributed by atoms with Crippen LogP contribution in [0.5, 0.6) is 5.75 Å². The van der Waals surface area contributed by atoms with Crippen molar-refractivity contribution >= 4 is 28.0 Å². The number of benzene rings is 2. The van der Waals surface area contributed by atoms with Crippen LogP contribution in [0, 0.1) is 0 Å². The van der Waals surface area contributed by atoms with E-state index in [2.05, 4.69) is 10.3 Å². The van der Waals surface area contributed by atoms with E-state index in [1.807, 2.05) is 55.5 Å². The highest BCUT2D eigenvalue weighted by Crippen LogP contribution is 2.34. The summed E-state index contributed by atoms with van der Waals surface area (Å²) in [6.45, 7) is 2.58. The van der Waals surface area contributed by atoms with Crippen molar-refractivity contribution in [3.8, 4) is 5.75 Å². The number of aromatic nitrogens is 1. The second-order valence-corrected chi connectivity index (χ2v) is 4.66. The zero-order valence-corrected chi connectivity index (χ0v) is 11.8. The van der Waals surface area contributed by atoms with Crippen LogP contribution in [0.1, 0.15) is 6.92 Å². The number of rotatable bonds is 4. The molecule has 3 aromatic rings. The maximum atomic E-state index is 6.09. The smallest absolute Gasteiger partial charge is 0.142 e. The average Bonchev–Trinajstić information content (AvgIpc) is 2.52. The molecule has 0 amide bonds. The molecular weight excluding hydrogens is 262 g/mol. The van der Waals surface area contributed by atoms with Gasteiger partial charge in [-0.05, 0) is 25.1 Å². The Morgan fingerprint density at radius 3 is 2.71 bits per heavy atom. The molecule has 0 radical (unpaired) electrons. The highest BCUT2D eigenvalue weighted by atomic mass is 16.5. The molecule has 0 unspecified atom stereocenters. The van der Waals surface area contributed by atoms with Crippen LogP contribution in [0.15, 0.2) is 54.7 Å². The third-order valence-corrected chi connectivity index (χ3v) is 3.25. The summed E-state index contributed by atoms with van der Waals surface area (Å²) in [6, 6.07) is 15.7. The number of ether oxygens (including phenoxy) is 1. The molecule has 0 bridgehead atoms. The van der Waals surface area contributed by atoms with Crippen molar-refractivity contribution in [1.29, 1.82) is 0 Å². The molecule has 0 atom stereocenters. The molecular formula is C17H17N3O. The molecule has 0 saturated carbocycles. The molecule has 0 aliphatic carbocycles. The minimum atomic E-state index is 0.611. The van der Waals surface area contributed by atoms with Crippen molar-refractivity contribution in [2.45, 2.75) is 6.92 Å². The van der Waals surface area contributed by atoms with E-state index in [1.54, 1.807) is 6.20 Å². The van der Waals surface area contributed by atoms with Gasteiger partial charge >= 0.3 is 0 Å². The predicted molar refractivity (Wildman–Crippen MR) is 87.0 cm³/mol. The van der Waals surface area contributed by atoms with Gasteiger partial charge in [-0.2, -0.15) is 0 Å². The fourth-order valence-electron chi connectivity index (χ4n) is 2.28. The second-order valence-electron chi connectivity index (χ2n) is 4.66. The van der Waals surface area contributed by atoms with Crippen LogP contribution in [-0.4, -0.2) is 11.6 Å². The number of hydrogen-bond donors (Lipinski definition) is 2. The molecule has 106 valence electrons. The molecule has 0 saturated heterocycles. The summed E-state index contributed by atoms with van der Waals surface area (Å²) in [7, 11) is 0. The standard InChI is InChI=1S/C17H17N3O/c1-2-21-16-10-6-5-9-15(16)20-17-12-7-3-4-8-14(12)19-11-13(17)18/h3-11H,2,18H2,1H3,(H,19,20). The van der Waals surface area contributed by atoms with Crippen molar-refractivity contribution in [1.82, 2.24) is 4.98 Å². The van der Waals surface area contributed by atoms with Crippen molar-refractivity contribution < 1.29 is 4.74 Å². The first-order valence-corrected chi connectivity index (χ1v) is 6.91.